The largest absolute Gasteiger partial charge is 0.465 e. The quantitative estimate of drug-likeness (QED) is 0.872. The highest BCUT2D eigenvalue weighted by Gasteiger charge is 2.34. The highest BCUT2D eigenvalue weighted by Crippen LogP contribution is 2.38. The van der Waals surface area contributed by atoms with Gasteiger partial charge in [-0.3, -0.25) is 9.59 Å². The van der Waals surface area contributed by atoms with Gasteiger partial charge in [0.15, 0.2) is 0 Å². The van der Waals surface area contributed by atoms with Crippen LogP contribution in [0.25, 0.3) is 0 Å². The van der Waals surface area contributed by atoms with Crippen molar-refractivity contribution in [3.8, 4) is 0 Å². The molecule has 2 aliphatic rings. The van der Waals surface area contributed by atoms with Crippen molar-refractivity contribution >= 4 is 29.2 Å². The third-order valence-electron chi connectivity index (χ3n) is 4.59. The van der Waals surface area contributed by atoms with Gasteiger partial charge in [0.1, 0.15) is 0 Å². The summed E-state index contributed by atoms with van der Waals surface area (Å²) in [6.07, 6.45) is 1.12. The molecular weight excluding hydrogens is 320 g/mol. The first-order valence-corrected chi connectivity index (χ1v) is 8.02. The molecule has 0 atom stereocenters. The zero-order chi connectivity index (χ0) is 17.6. The lowest BCUT2D eigenvalue weighted by atomic mass is 10.0. The summed E-state index contributed by atoms with van der Waals surface area (Å²) < 4.78 is 4.69. The van der Waals surface area contributed by atoms with Crippen LogP contribution < -0.4 is 10.2 Å². The summed E-state index contributed by atoms with van der Waals surface area (Å²) in [6.45, 7) is 0.688. The normalized spacial score (nSPS) is 14.4. The Bertz CT molecular complexity index is 920. The predicted molar refractivity (Wildman–Crippen MR) is 91.9 cm³/mol. The molecule has 4 rings (SSSR count). The number of nitrogens with one attached hydrogen (secondary N) is 1. The molecule has 1 N–H and O–H groups in total. The summed E-state index contributed by atoms with van der Waals surface area (Å²) >= 11 is 0. The van der Waals surface area contributed by atoms with Gasteiger partial charge in [-0.25, -0.2) is 4.79 Å². The number of carbonyl (C=O) groups excluding carboxylic acids is 3. The molecule has 126 valence electrons. The Morgan fingerprint density at radius 2 is 1.92 bits per heavy atom. The first-order valence-electron chi connectivity index (χ1n) is 8.02. The first-order chi connectivity index (χ1) is 12.1. The zero-order valence-corrected chi connectivity index (χ0v) is 13.7. The van der Waals surface area contributed by atoms with Crippen molar-refractivity contribution in [1.29, 1.82) is 0 Å². The van der Waals surface area contributed by atoms with E-state index < -0.39 is 5.97 Å². The number of ether oxygens (including phenoxy) is 1. The third kappa shape index (κ3) is 2.55. The number of methoxy groups -OCH3 is 1. The van der Waals surface area contributed by atoms with Crippen LogP contribution in [0.15, 0.2) is 36.4 Å². The molecule has 2 aromatic rings. The molecule has 6 nitrogen and oxygen atoms in total. The summed E-state index contributed by atoms with van der Waals surface area (Å²) in [5, 5.41) is 2.80. The number of amides is 2. The lowest BCUT2D eigenvalue weighted by Crippen LogP contribution is -2.24. The zero-order valence-electron chi connectivity index (χ0n) is 13.7. The van der Waals surface area contributed by atoms with E-state index in [4.69, 9.17) is 0 Å². The van der Waals surface area contributed by atoms with Gasteiger partial charge in [0.2, 0.25) is 5.91 Å². The molecule has 2 aromatic carbocycles. The van der Waals surface area contributed by atoms with E-state index in [1.165, 1.54) is 7.11 Å². The van der Waals surface area contributed by atoms with Crippen molar-refractivity contribution in [2.75, 3.05) is 23.9 Å². The maximum atomic E-state index is 12.6. The molecule has 2 amide bonds. The number of benzene rings is 2. The molecule has 0 aliphatic carbocycles. The van der Waals surface area contributed by atoms with E-state index in [1.807, 2.05) is 6.07 Å². The standard InChI is InChI=1S/C19H16N2O4/c1-25-19(24)12-3-2-4-15(9-12)20-18(23)14-7-11-5-6-21-16(22)10-13(8-14)17(11)21/h2-4,7-9H,5-6,10H2,1H3,(H,20,23). The lowest BCUT2D eigenvalue weighted by Gasteiger charge is -2.10. The number of anilines is 2. The average Bonchev–Trinajstić information content (AvgIpc) is 3.19. The van der Waals surface area contributed by atoms with Gasteiger partial charge < -0.3 is 15.0 Å². The monoisotopic (exact) mass is 336 g/mol. The van der Waals surface area contributed by atoms with Crippen LogP contribution in [0, 0.1) is 0 Å². The second-order valence-corrected chi connectivity index (χ2v) is 6.14. The van der Waals surface area contributed by atoms with Crippen LogP contribution in [0.1, 0.15) is 31.8 Å². The van der Waals surface area contributed by atoms with Crippen molar-refractivity contribution < 1.29 is 19.1 Å². The van der Waals surface area contributed by atoms with Crippen molar-refractivity contribution in [2.45, 2.75) is 12.8 Å². The number of nitrogens with zero attached hydrogens (tertiary/aromatic N) is 1. The Morgan fingerprint density at radius 3 is 2.72 bits per heavy atom. The number of carbonyl (C=O) groups is 3. The van der Waals surface area contributed by atoms with Crippen LogP contribution in [0.5, 0.6) is 0 Å². The molecule has 2 heterocycles. The van der Waals surface area contributed by atoms with Crippen LogP contribution in [0.3, 0.4) is 0 Å². The molecule has 25 heavy (non-hydrogen) atoms. The van der Waals surface area contributed by atoms with Crippen LogP contribution in [-0.2, 0) is 22.4 Å². The van der Waals surface area contributed by atoms with E-state index in [-0.39, 0.29) is 11.8 Å². The fraction of sp³-hybridized carbons (Fsp3) is 0.211. The van der Waals surface area contributed by atoms with Gasteiger partial charge in [-0.2, -0.15) is 0 Å². The van der Waals surface area contributed by atoms with E-state index in [0.29, 0.717) is 29.8 Å². The molecule has 0 saturated heterocycles. The van der Waals surface area contributed by atoms with Gasteiger partial charge in [0.05, 0.1) is 24.8 Å². The molecule has 0 spiro atoms. The minimum Gasteiger partial charge on any atom is -0.465 e. The van der Waals surface area contributed by atoms with E-state index in [9.17, 15) is 14.4 Å². The molecule has 0 radical (unpaired) electrons. The molecule has 0 saturated carbocycles. The predicted octanol–water partition coefficient (Wildman–Crippen LogP) is 2.17. The summed E-state index contributed by atoms with van der Waals surface area (Å²) in [4.78, 5) is 38.0. The van der Waals surface area contributed by atoms with Crippen molar-refractivity contribution in [1.82, 2.24) is 0 Å². The van der Waals surface area contributed by atoms with Gasteiger partial charge in [0.25, 0.3) is 5.91 Å². The highest BCUT2D eigenvalue weighted by atomic mass is 16.5. The maximum Gasteiger partial charge on any atom is 0.337 e. The van der Waals surface area contributed by atoms with Gasteiger partial charge >= 0.3 is 5.97 Å². The molecule has 0 unspecified atom stereocenters. The molecule has 0 fully saturated rings. The highest BCUT2D eigenvalue weighted by molar-refractivity contribution is 6.08. The average molecular weight is 336 g/mol. The van der Waals surface area contributed by atoms with Crippen LogP contribution in [-0.4, -0.2) is 31.4 Å². The van der Waals surface area contributed by atoms with Gasteiger partial charge in [-0.15, -0.1) is 0 Å². The Labute approximate surface area is 144 Å². The number of esters is 1. The van der Waals surface area contributed by atoms with Gasteiger partial charge in [-0.1, -0.05) is 6.07 Å². The van der Waals surface area contributed by atoms with Crippen molar-refractivity contribution in [3.63, 3.8) is 0 Å². The lowest BCUT2D eigenvalue weighted by molar-refractivity contribution is -0.117. The second kappa shape index (κ2) is 5.73. The summed E-state index contributed by atoms with van der Waals surface area (Å²) in [7, 11) is 1.31. The summed E-state index contributed by atoms with van der Waals surface area (Å²) in [5.74, 6) is -0.628. The first kappa shape index (κ1) is 15.4. The van der Waals surface area contributed by atoms with Gasteiger partial charge in [-0.05, 0) is 47.9 Å². The minimum atomic E-state index is -0.458. The Hall–Kier alpha value is -3.15. The number of rotatable bonds is 3. The Morgan fingerprint density at radius 1 is 1.12 bits per heavy atom. The molecule has 0 aromatic heterocycles. The molecular formula is C19H16N2O4. The van der Waals surface area contributed by atoms with Crippen molar-refractivity contribution in [3.05, 3.63) is 58.7 Å². The van der Waals surface area contributed by atoms with E-state index in [2.05, 4.69) is 10.1 Å². The van der Waals surface area contributed by atoms with Crippen LogP contribution >= 0.6 is 0 Å². The van der Waals surface area contributed by atoms with E-state index in [0.717, 1.165) is 23.2 Å². The fourth-order valence-electron chi connectivity index (χ4n) is 3.46. The number of hydrogen-bond donors (Lipinski definition) is 1. The summed E-state index contributed by atoms with van der Waals surface area (Å²) in [5.41, 5.74) is 4.34. The Kier molecular flexibility index (Phi) is 3.53. The maximum absolute atomic E-state index is 12.6. The van der Waals surface area contributed by atoms with E-state index >= 15 is 0 Å². The minimum absolute atomic E-state index is 0.0945. The van der Waals surface area contributed by atoms with Crippen LogP contribution in [0.2, 0.25) is 0 Å². The summed E-state index contributed by atoms with van der Waals surface area (Å²) in [6, 6.07) is 10.2. The van der Waals surface area contributed by atoms with Gasteiger partial charge in [0, 0.05) is 17.8 Å². The fourth-order valence-corrected chi connectivity index (χ4v) is 3.46. The van der Waals surface area contributed by atoms with E-state index in [1.54, 1.807) is 35.2 Å². The molecule has 0 bridgehead atoms. The number of hydrogen-bond acceptors (Lipinski definition) is 4. The SMILES string of the molecule is COC(=O)c1cccc(NC(=O)c2cc3c4c(c2)CC(=O)N4CC3)c1. The van der Waals surface area contributed by atoms with Crippen molar-refractivity contribution in [2.24, 2.45) is 0 Å². The second-order valence-electron chi connectivity index (χ2n) is 6.14. The topological polar surface area (TPSA) is 75.7 Å². The smallest absolute Gasteiger partial charge is 0.337 e. The third-order valence-corrected chi connectivity index (χ3v) is 4.59. The Balaban J connectivity index is 1.60. The van der Waals surface area contributed by atoms with Crippen LogP contribution in [0.4, 0.5) is 11.4 Å². The molecule has 6 heteroatoms. The molecule has 2 aliphatic heterocycles.